The Morgan fingerprint density at radius 2 is 2.10 bits per heavy atom. The van der Waals surface area contributed by atoms with Crippen LogP contribution in [0.3, 0.4) is 0 Å². The summed E-state index contributed by atoms with van der Waals surface area (Å²) in [5.74, 6) is -0.928. The second-order valence-corrected chi connectivity index (χ2v) is 5.37. The van der Waals surface area contributed by atoms with Crippen molar-refractivity contribution in [1.82, 2.24) is 10.3 Å². The summed E-state index contributed by atoms with van der Waals surface area (Å²) in [4.78, 5) is 26.9. The maximum Gasteiger partial charge on any atom is 0.309 e. The van der Waals surface area contributed by atoms with Crippen molar-refractivity contribution in [2.45, 2.75) is 26.2 Å². The van der Waals surface area contributed by atoms with Crippen LogP contribution >= 0.6 is 0 Å². The molecule has 0 aliphatic carbocycles. The molecule has 0 spiro atoms. The van der Waals surface area contributed by atoms with E-state index in [1.807, 2.05) is 6.92 Å². The SMILES string of the molecule is CC1(C(=O)Nc2ccc(CC(=O)O)nc2)CCNCC1. The van der Waals surface area contributed by atoms with E-state index >= 15 is 0 Å². The lowest BCUT2D eigenvalue weighted by Crippen LogP contribution is -2.42. The number of nitrogens with one attached hydrogen (secondary N) is 2. The van der Waals surface area contributed by atoms with Gasteiger partial charge in [-0.15, -0.1) is 0 Å². The fourth-order valence-corrected chi connectivity index (χ4v) is 2.25. The molecule has 1 aliphatic heterocycles. The number of amides is 1. The van der Waals surface area contributed by atoms with Gasteiger partial charge in [-0.2, -0.15) is 0 Å². The number of rotatable bonds is 4. The molecule has 1 fully saturated rings. The van der Waals surface area contributed by atoms with E-state index in [0.717, 1.165) is 25.9 Å². The van der Waals surface area contributed by atoms with Crippen molar-refractivity contribution >= 4 is 17.6 Å². The lowest BCUT2D eigenvalue weighted by atomic mass is 9.80. The van der Waals surface area contributed by atoms with E-state index in [4.69, 9.17) is 5.11 Å². The molecule has 1 saturated heterocycles. The number of piperidine rings is 1. The first-order valence-corrected chi connectivity index (χ1v) is 6.68. The number of carbonyl (C=O) groups excluding carboxylic acids is 1. The van der Waals surface area contributed by atoms with Crippen LogP contribution in [0, 0.1) is 5.41 Å². The minimum atomic E-state index is -0.920. The molecule has 20 heavy (non-hydrogen) atoms. The molecule has 3 N–H and O–H groups in total. The van der Waals surface area contributed by atoms with Crippen molar-refractivity contribution in [2.75, 3.05) is 18.4 Å². The molecule has 0 saturated carbocycles. The molecule has 0 atom stereocenters. The number of pyridine rings is 1. The zero-order valence-electron chi connectivity index (χ0n) is 11.5. The Hall–Kier alpha value is -1.95. The normalized spacial score (nSPS) is 17.4. The molecule has 1 aromatic rings. The molecule has 2 rings (SSSR count). The number of anilines is 1. The quantitative estimate of drug-likeness (QED) is 0.765. The molecule has 1 amide bonds. The molecule has 108 valence electrons. The number of carboxylic acids is 1. The van der Waals surface area contributed by atoms with Crippen molar-refractivity contribution in [2.24, 2.45) is 5.41 Å². The van der Waals surface area contributed by atoms with E-state index in [9.17, 15) is 9.59 Å². The smallest absolute Gasteiger partial charge is 0.309 e. The highest BCUT2D eigenvalue weighted by atomic mass is 16.4. The van der Waals surface area contributed by atoms with Gasteiger partial charge in [-0.25, -0.2) is 0 Å². The minimum absolute atomic E-state index is 0.00761. The summed E-state index contributed by atoms with van der Waals surface area (Å²) in [5, 5.41) is 14.8. The Labute approximate surface area is 117 Å². The molecule has 1 aromatic heterocycles. The summed E-state index contributed by atoms with van der Waals surface area (Å²) < 4.78 is 0. The number of nitrogens with zero attached hydrogens (tertiary/aromatic N) is 1. The maximum atomic E-state index is 12.3. The monoisotopic (exact) mass is 277 g/mol. The van der Waals surface area contributed by atoms with Crippen LogP contribution in [0.25, 0.3) is 0 Å². The maximum absolute atomic E-state index is 12.3. The van der Waals surface area contributed by atoms with Gasteiger partial charge in [0.2, 0.25) is 5.91 Å². The third-order valence-electron chi connectivity index (χ3n) is 3.67. The highest BCUT2D eigenvalue weighted by Gasteiger charge is 2.34. The van der Waals surface area contributed by atoms with Gasteiger partial charge in [-0.1, -0.05) is 6.92 Å². The Morgan fingerprint density at radius 1 is 1.40 bits per heavy atom. The van der Waals surface area contributed by atoms with Gasteiger partial charge in [-0.3, -0.25) is 14.6 Å². The van der Waals surface area contributed by atoms with E-state index in [1.165, 1.54) is 6.20 Å². The van der Waals surface area contributed by atoms with Gasteiger partial charge in [0.25, 0.3) is 0 Å². The first-order valence-electron chi connectivity index (χ1n) is 6.68. The highest BCUT2D eigenvalue weighted by molar-refractivity contribution is 5.95. The van der Waals surface area contributed by atoms with E-state index in [0.29, 0.717) is 11.4 Å². The summed E-state index contributed by atoms with van der Waals surface area (Å²) in [6, 6.07) is 3.31. The van der Waals surface area contributed by atoms with Crippen LogP contribution in [0.15, 0.2) is 18.3 Å². The van der Waals surface area contributed by atoms with Gasteiger partial charge >= 0.3 is 5.97 Å². The molecule has 2 heterocycles. The summed E-state index contributed by atoms with van der Waals surface area (Å²) in [5.41, 5.74) is 0.720. The van der Waals surface area contributed by atoms with E-state index < -0.39 is 5.97 Å². The highest BCUT2D eigenvalue weighted by Crippen LogP contribution is 2.29. The summed E-state index contributed by atoms with van der Waals surface area (Å²) >= 11 is 0. The first-order chi connectivity index (χ1) is 9.49. The Kier molecular flexibility index (Phi) is 4.34. The van der Waals surface area contributed by atoms with Crippen molar-refractivity contribution in [3.63, 3.8) is 0 Å². The summed E-state index contributed by atoms with van der Waals surface area (Å²) in [6.45, 7) is 3.66. The topological polar surface area (TPSA) is 91.3 Å². The third-order valence-corrected chi connectivity index (χ3v) is 3.67. The largest absolute Gasteiger partial charge is 0.481 e. The van der Waals surface area contributed by atoms with E-state index in [1.54, 1.807) is 12.1 Å². The van der Waals surface area contributed by atoms with Crippen LogP contribution in [0.1, 0.15) is 25.5 Å². The second kappa shape index (κ2) is 6.00. The number of hydrogen-bond acceptors (Lipinski definition) is 4. The predicted octanol–water partition coefficient (Wildman–Crippen LogP) is 1.04. The standard InChI is InChI=1S/C14H19N3O3/c1-14(4-6-15-7-5-14)13(20)17-11-3-2-10(16-9-11)8-12(18)19/h2-3,9,15H,4-8H2,1H3,(H,17,20)(H,18,19). The van der Waals surface area contributed by atoms with E-state index in [2.05, 4.69) is 15.6 Å². The Morgan fingerprint density at radius 3 is 2.65 bits per heavy atom. The van der Waals surface area contributed by atoms with Crippen LogP contribution in [-0.4, -0.2) is 35.1 Å². The average molecular weight is 277 g/mol. The molecule has 1 aliphatic rings. The molecule has 0 aromatic carbocycles. The molecular formula is C14H19N3O3. The van der Waals surface area contributed by atoms with E-state index in [-0.39, 0.29) is 17.7 Å². The molecule has 6 heteroatoms. The average Bonchev–Trinajstić information content (AvgIpc) is 2.41. The zero-order chi connectivity index (χ0) is 14.6. The van der Waals surface area contributed by atoms with Crippen molar-refractivity contribution in [1.29, 1.82) is 0 Å². The zero-order valence-corrected chi connectivity index (χ0v) is 11.5. The number of carboxylic acid groups (broad SMARTS) is 1. The molecule has 6 nitrogen and oxygen atoms in total. The van der Waals surface area contributed by atoms with Crippen LogP contribution in [-0.2, 0) is 16.0 Å². The van der Waals surface area contributed by atoms with Gasteiger partial charge in [0.15, 0.2) is 0 Å². The molecular weight excluding hydrogens is 258 g/mol. The second-order valence-electron chi connectivity index (χ2n) is 5.37. The summed E-state index contributed by atoms with van der Waals surface area (Å²) in [6.07, 6.45) is 3.00. The minimum Gasteiger partial charge on any atom is -0.481 e. The van der Waals surface area contributed by atoms with Gasteiger partial charge in [0.05, 0.1) is 24.0 Å². The van der Waals surface area contributed by atoms with Crippen molar-refractivity contribution < 1.29 is 14.7 Å². The van der Waals surface area contributed by atoms with Gasteiger partial charge in [-0.05, 0) is 38.1 Å². The lowest BCUT2D eigenvalue weighted by Gasteiger charge is -2.32. The van der Waals surface area contributed by atoms with Gasteiger partial charge in [0.1, 0.15) is 0 Å². The van der Waals surface area contributed by atoms with Gasteiger partial charge < -0.3 is 15.7 Å². The Balaban J connectivity index is 1.98. The molecule has 0 radical (unpaired) electrons. The van der Waals surface area contributed by atoms with Crippen LogP contribution in [0.2, 0.25) is 0 Å². The molecule has 0 unspecified atom stereocenters. The Bertz CT molecular complexity index is 493. The predicted molar refractivity (Wildman–Crippen MR) is 74.4 cm³/mol. The van der Waals surface area contributed by atoms with Crippen molar-refractivity contribution in [3.05, 3.63) is 24.0 Å². The van der Waals surface area contributed by atoms with Crippen LogP contribution < -0.4 is 10.6 Å². The fraction of sp³-hybridized carbons (Fsp3) is 0.500. The number of hydrogen-bond donors (Lipinski definition) is 3. The fourth-order valence-electron chi connectivity index (χ4n) is 2.25. The van der Waals surface area contributed by atoms with Crippen LogP contribution in [0.4, 0.5) is 5.69 Å². The van der Waals surface area contributed by atoms with Crippen LogP contribution in [0.5, 0.6) is 0 Å². The number of aliphatic carboxylic acids is 1. The first kappa shape index (κ1) is 14.5. The summed E-state index contributed by atoms with van der Waals surface area (Å²) in [7, 11) is 0. The third kappa shape index (κ3) is 3.54. The van der Waals surface area contributed by atoms with Gasteiger partial charge in [0, 0.05) is 5.41 Å². The number of carbonyl (C=O) groups is 2. The molecule has 0 bridgehead atoms. The number of aromatic nitrogens is 1. The lowest BCUT2D eigenvalue weighted by molar-refractivity contribution is -0.136. The van der Waals surface area contributed by atoms with Crippen molar-refractivity contribution in [3.8, 4) is 0 Å².